The fourth-order valence-corrected chi connectivity index (χ4v) is 3.51. The molecule has 9 nitrogen and oxygen atoms in total. The molecule has 3 aromatic rings. The highest BCUT2D eigenvalue weighted by Gasteiger charge is 2.34. The van der Waals surface area contributed by atoms with Crippen molar-refractivity contribution >= 4 is 58.0 Å². The zero-order valence-corrected chi connectivity index (χ0v) is 19.8. The molecule has 10 heteroatoms. The second kappa shape index (κ2) is 10.3. The maximum absolute atomic E-state index is 12.7. The first-order valence-electron chi connectivity index (χ1n) is 10.1. The van der Waals surface area contributed by atoms with Crippen LogP contribution in [0.4, 0.5) is 5.69 Å². The number of aromatic nitrogens is 1. The van der Waals surface area contributed by atoms with Crippen molar-refractivity contribution in [3.63, 3.8) is 0 Å². The van der Waals surface area contributed by atoms with Crippen LogP contribution < -0.4 is 21.3 Å². The number of hydrogen-bond donors (Lipinski definition) is 3. The standard InChI is InChI=1S/C21H14IN3O2.C3H4N2O2/c22-16-8-10-17(11-9-16)25-21(27)18(20(26)24-25)13-14-4-6-15(7-5-14)19-3-1-2-12-23-19;6-2-1-3(7)5-4-2/h1-13H,(H,24,26);1H2,(H,4,6)(H,5,7). The summed E-state index contributed by atoms with van der Waals surface area (Å²) in [5, 5.41) is 1.27. The lowest BCUT2D eigenvalue weighted by molar-refractivity contribution is -0.122. The number of halogens is 1. The highest BCUT2D eigenvalue weighted by molar-refractivity contribution is 14.1. The average Bonchev–Trinajstić information content (AvgIpc) is 3.37. The number of nitrogens with zero attached hydrogens (tertiary/aromatic N) is 2. The highest BCUT2D eigenvalue weighted by Crippen LogP contribution is 2.23. The Kier molecular flexibility index (Phi) is 6.97. The Hall–Kier alpha value is -4.06. The fourth-order valence-electron chi connectivity index (χ4n) is 3.15. The van der Waals surface area contributed by atoms with Crippen LogP contribution in [-0.4, -0.2) is 28.6 Å². The third kappa shape index (κ3) is 5.46. The van der Waals surface area contributed by atoms with Crippen molar-refractivity contribution in [2.75, 3.05) is 5.01 Å². The van der Waals surface area contributed by atoms with Crippen LogP contribution in [0.5, 0.6) is 0 Å². The van der Waals surface area contributed by atoms with Gasteiger partial charge in [-0.2, -0.15) is 0 Å². The van der Waals surface area contributed by atoms with E-state index in [1.807, 2.05) is 54.6 Å². The second-order valence-electron chi connectivity index (χ2n) is 7.23. The van der Waals surface area contributed by atoms with E-state index in [9.17, 15) is 19.2 Å². The largest absolute Gasteiger partial charge is 0.282 e. The van der Waals surface area contributed by atoms with Crippen molar-refractivity contribution in [3.05, 3.63) is 87.6 Å². The molecule has 0 unspecified atom stereocenters. The molecule has 0 saturated carbocycles. The van der Waals surface area contributed by atoms with E-state index < -0.39 is 5.91 Å². The van der Waals surface area contributed by atoms with E-state index in [2.05, 4.69) is 43.9 Å². The van der Waals surface area contributed by atoms with E-state index in [-0.39, 0.29) is 29.7 Å². The average molecular weight is 567 g/mol. The zero-order valence-electron chi connectivity index (χ0n) is 17.6. The van der Waals surface area contributed by atoms with Crippen LogP contribution in [0.1, 0.15) is 12.0 Å². The SMILES string of the molecule is O=C1CC(=O)NN1.O=C1NN(c2ccc(I)cc2)C(=O)C1=Cc1ccc(-c2ccccn2)cc1. The first-order chi connectivity index (χ1) is 16.4. The normalized spacial score (nSPS) is 16.0. The summed E-state index contributed by atoms with van der Waals surface area (Å²) in [6, 6.07) is 20.7. The summed E-state index contributed by atoms with van der Waals surface area (Å²) < 4.78 is 1.05. The lowest BCUT2D eigenvalue weighted by Gasteiger charge is -2.14. The van der Waals surface area contributed by atoms with Crippen molar-refractivity contribution in [1.82, 2.24) is 21.3 Å². The molecule has 3 heterocycles. The van der Waals surface area contributed by atoms with Gasteiger partial charge < -0.3 is 0 Å². The summed E-state index contributed by atoms with van der Waals surface area (Å²) in [5.41, 5.74) is 10.2. The minimum atomic E-state index is -0.410. The third-order valence-electron chi connectivity index (χ3n) is 4.82. The summed E-state index contributed by atoms with van der Waals surface area (Å²) in [5.74, 6) is -1.29. The molecule has 2 aliphatic heterocycles. The maximum Gasteiger partial charge on any atom is 0.282 e. The van der Waals surface area contributed by atoms with Gasteiger partial charge >= 0.3 is 0 Å². The molecular weight excluding hydrogens is 549 g/mol. The van der Waals surface area contributed by atoms with Gasteiger partial charge in [0.1, 0.15) is 12.0 Å². The van der Waals surface area contributed by atoms with Crippen LogP contribution in [0.25, 0.3) is 17.3 Å². The lowest BCUT2D eigenvalue weighted by Crippen LogP contribution is -2.35. The highest BCUT2D eigenvalue weighted by atomic mass is 127. The van der Waals surface area contributed by atoms with E-state index in [4.69, 9.17) is 0 Å². The topological polar surface area (TPSA) is 121 Å². The van der Waals surface area contributed by atoms with E-state index in [1.165, 1.54) is 5.01 Å². The quantitative estimate of drug-likeness (QED) is 0.194. The van der Waals surface area contributed by atoms with Crippen molar-refractivity contribution in [2.45, 2.75) is 6.42 Å². The summed E-state index contributed by atoms with van der Waals surface area (Å²) in [4.78, 5) is 49.4. The summed E-state index contributed by atoms with van der Waals surface area (Å²) in [6.07, 6.45) is 3.32. The Balaban J connectivity index is 0.000000336. The minimum Gasteiger partial charge on any atom is -0.273 e. The Labute approximate surface area is 208 Å². The summed E-state index contributed by atoms with van der Waals surface area (Å²) in [7, 11) is 0. The summed E-state index contributed by atoms with van der Waals surface area (Å²) >= 11 is 2.19. The number of anilines is 1. The number of carbonyl (C=O) groups is 4. The number of pyridine rings is 1. The van der Waals surface area contributed by atoms with Gasteiger partial charge in [-0.05, 0) is 70.6 Å². The maximum atomic E-state index is 12.7. The van der Waals surface area contributed by atoms with Crippen molar-refractivity contribution in [1.29, 1.82) is 0 Å². The van der Waals surface area contributed by atoms with Crippen LogP contribution in [0, 0.1) is 3.57 Å². The van der Waals surface area contributed by atoms with Crippen LogP contribution in [-0.2, 0) is 19.2 Å². The number of amides is 4. The molecule has 0 radical (unpaired) electrons. The van der Waals surface area contributed by atoms with Gasteiger partial charge in [-0.3, -0.25) is 40.4 Å². The smallest absolute Gasteiger partial charge is 0.273 e. The fraction of sp³-hybridized carbons (Fsp3) is 0.0417. The first-order valence-corrected chi connectivity index (χ1v) is 11.2. The van der Waals surface area contributed by atoms with Crippen LogP contribution in [0.3, 0.4) is 0 Å². The van der Waals surface area contributed by atoms with E-state index in [0.29, 0.717) is 5.69 Å². The molecule has 0 atom stereocenters. The molecule has 0 aliphatic carbocycles. The minimum absolute atomic E-state index is 0.0278. The Morgan fingerprint density at radius 3 is 2.09 bits per heavy atom. The van der Waals surface area contributed by atoms with Crippen LogP contribution in [0.2, 0.25) is 0 Å². The van der Waals surface area contributed by atoms with E-state index in [0.717, 1.165) is 20.4 Å². The molecule has 170 valence electrons. The molecule has 2 aliphatic rings. The van der Waals surface area contributed by atoms with E-state index in [1.54, 1.807) is 24.4 Å². The Morgan fingerprint density at radius 1 is 0.853 bits per heavy atom. The molecular formula is C24H18IN5O4. The zero-order chi connectivity index (χ0) is 24.1. The molecule has 2 fully saturated rings. The molecule has 4 amide bonds. The van der Waals surface area contributed by atoms with Crippen molar-refractivity contribution in [2.24, 2.45) is 0 Å². The van der Waals surface area contributed by atoms with Gasteiger partial charge in [0, 0.05) is 15.3 Å². The van der Waals surface area contributed by atoms with Gasteiger partial charge in [0.25, 0.3) is 11.8 Å². The number of hydrazine groups is 2. The Bertz CT molecular complexity index is 1260. The molecule has 3 N–H and O–H groups in total. The molecule has 34 heavy (non-hydrogen) atoms. The van der Waals surface area contributed by atoms with Gasteiger partial charge in [0.05, 0.1) is 11.4 Å². The molecule has 0 spiro atoms. The van der Waals surface area contributed by atoms with Gasteiger partial charge in [0.2, 0.25) is 11.8 Å². The Morgan fingerprint density at radius 2 is 1.53 bits per heavy atom. The lowest BCUT2D eigenvalue weighted by atomic mass is 10.1. The monoisotopic (exact) mass is 567 g/mol. The third-order valence-corrected chi connectivity index (χ3v) is 5.54. The van der Waals surface area contributed by atoms with Crippen molar-refractivity contribution < 1.29 is 19.2 Å². The number of hydrogen-bond acceptors (Lipinski definition) is 5. The predicted octanol–water partition coefficient (Wildman–Crippen LogP) is 2.35. The molecule has 1 aromatic heterocycles. The van der Waals surface area contributed by atoms with Crippen LogP contribution in [0.15, 0.2) is 78.5 Å². The van der Waals surface area contributed by atoms with Gasteiger partial charge in [-0.15, -0.1) is 0 Å². The van der Waals surface area contributed by atoms with Crippen molar-refractivity contribution in [3.8, 4) is 11.3 Å². The number of nitrogens with one attached hydrogen (secondary N) is 3. The second-order valence-corrected chi connectivity index (χ2v) is 8.47. The van der Waals surface area contributed by atoms with E-state index >= 15 is 0 Å². The number of carbonyl (C=O) groups excluding carboxylic acids is 4. The summed E-state index contributed by atoms with van der Waals surface area (Å²) in [6.45, 7) is 0. The number of benzene rings is 2. The number of rotatable bonds is 3. The molecule has 0 bridgehead atoms. The van der Waals surface area contributed by atoms with Gasteiger partial charge in [-0.25, -0.2) is 5.01 Å². The first kappa shape index (κ1) is 23.1. The molecule has 2 aromatic carbocycles. The molecule has 5 rings (SSSR count). The van der Waals surface area contributed by atoms with Gasteiger partial charge in [0.15, 0.2) is 0 Å². The molecule has 2 saturated heterocycles. The van der Waals surface area contributed by atoms with Crippen LogP contribution >= 0.6 is 22.6 Å². The van der Waals surface area contributed by atoms with Gasteiger partial charge in [-0.1, -0.05) is 30.3 Å². The predicted molar refractivity (Wildman–Crippen MR) is 133 cm³/mol.